The van der Waals surface area contributed by atoms with Crippen LogP contribution in [0.25, 0.3) is 16.6 Å². The van der Waals surface area contributed by atoms with Crippen molar-refractivity contribution in [3.05, 3.63) is 100 Å². The molecule has 1 amide bonds. The number of nitrogen functional groups attached to an aromatic ring is 1. The Morgan fingerprint density at radius 1 is 1.11 bits per heavy atom. The molecule has 1 aliphatic heterocycles. The molecule has 5 rings (SSSR count). The fourth-order valence-electron chi connectivity index (χ4n) is 4.81. The van der Waals surface area contributed by atoms with E-state index in [4.69, 9.17) is 15.2 Å². The van der Waals surface area contributed by atoms with E-state index in [0.29, 0.717) is 44.9 Å². The van der Waals surface area contributed by atoms with Gasteiger partial charge in [0.25, 0.3) is 0 Å². The van der Waals surface area contributed by atoms with Crippen molar-refractivity contribution in [1.29, 1.82) is 5.26 Å². The van der Waals surface area contributed by atoms with E-state index >= 15 is 0 Å². The van der Waals surface area contributed by atoms with Crippen molar-refractivity contribution >= 4 is 34.3 Å². The van der Waals surface area contributed by atoms with E-state index in [-0.39, 0.29) is 24.7 Å². The minimum absolute atomic E-state index is 0.0319. The van der Waals surface area contributed by atoms with Gasteiger partial charge in [0, 0.05) is 16.6 Å². The second-order valence-corrected chi connectivity index (χ2v) is 9.95. The van der Waals surface area contributed by atoms with Gasteiger partial charge in [0.05, 0.1) is 42.5 Å². The van der Waals surface area contributed by atoms with E-state index in [1.54, 1.807) is 68.4 Å². The number of esters is 1. The molecule has 44 heavy (non-hydrogen) atoms. The molecule has 0 bridgehead atoms. The van der Waals surface area contributed by atoms with Crippen LogP contribution in [-0.4, -0.2) is 39.5 Å². The Bertz CT molecular complexity index is 1870. The molecule has 0 radical (unpaired) electrons. The molecule has 0 spiro atoms. The van der Waals surface area contributed by atoms with Gasteiger partial charge in [-0.1, -0.05) is 6.07 Å². The molecular weight excluding hydrogens is 575 g/mol. The predicted molar refractivity (Wildman–Crippen MR) is 156 cm³/mol. The van der Waals surface area contributed by atoms with Crippen LogP contribution in [0.1, 0.15) is 40.7 Å². The Morgan fingerprint density at radius 3 is 2.50 bits per heavy atom. The normalized spacial score (nSPS) is 13.9. The summed E-state index contributed by atoms with van der Waals surface area (Å²) in [5.41, 5.74) is 6.28. The third kappa shape index (κ3) is 6.27. The number of nitrogens with zero attached hydrogens (tertiary/aromatic N) is 3. The lowest BCUT2D eigenvalue weighted by Crippen LogP contribution is -2.29. The summed E-state index contributed by atoms with van der Waals surface area (Å²) in [7, 11) is 0. The number of carbonyl (C=O) groups is 2. The Labute approximate surface area is 250 Å². The van der Waals surface area contributed by atoms with Crippen LogP contribution in [0.15, 0.2) is 77.9 Å². The number of aromatic amines is 1. The number of amides is 1. The maximum Gasteiger partial charge on any atom is 0.417 e. The zero-order valence-corrected chi connectivity index (χ0v) is 23.7. The quantitative estimate of drug-likeness (QED) is 0.229. The molecule has 4 aromatic rings. The zero-order valence-electron chi connectivity index (χ0n) is 23.7. The fraction of sp³-hybridized carbons (Fsp3) is 0.188. The van der Waals surface area contributed by atoms with E-state index in [1.807, 2.05) is 0 Å². The third-order valence-corrected chi connectivity index (χ3v) is 6.98. The number of hydrogen-bond acceptors (Lipinski definition) is 7. The van der Waals surface area contributed by atoms with Crippen LogP contribution in [0.4, 0.5) is 19.0 Å². The number of H-pyrrole nitrogens is 1. The highest BCUT2D eigenvalue weighted by atomic mass is 19.4. The first-order valence-corrected chi connectivity index (χ1v) is 13.5. The number of aromatic nitrogens is 2. The predicted octanol–water partition coefficient (Wildman–Crippen LogP) is 6.58. The summed E-state index contributed by atoms with van der Waals surface area (Å²) in [5.74, 6) is -0.0507. The number of aryl methyl sites for hydroxylation is 1. The number of benzene rings is 2. The van der Waals surface area contributed by atoms with Crippen molar-refractivity contribution in [2.75, 3.05) is 12.3 Å². The number of allylic oxidation sites excluding steroid dienone is 2. The van der Waals surface area contributed by atoms with Gasteiger partial charge in [-0.3, -0.25) is 4.79 Å². The van der Waals surface area contributed by atoms with E-state index in [0.717, 1.165) is 6.08 Å². The minimum Gasteiger partial charge on any atom is -0.461 e. The molecule has 3 N–H and O–H groups in total. The molecule has 2 aromatic carbocycles. The molecule has 3 heterocycles. The third-order valence-electron chi connectivity index (χ3n) is 6.98. The molecule has 1 aliphatic rings. The van der Waals surface area contributed by atoms with Crippen LogP contribution in [0.3, 0.4) is 0 Å². The zero-order chi connectivity index (χ0) is 31.6. The minimum atomic E-state index is -4.86. The van der Waals surface area contributed by atoms with E-state index in [2.05, 4.69) is 9.97 Å². The lowest BCUT2D eigenvalue weighted by Gasteiger charge is -2.26. The summed E-state index contributed by atoms with van der Waals surface area (Å²) in [6.07, 6.45) is -4.74. The molecule has 0 aliphatic carbocycles. The lowest BCUT2D eigenvalue weighted by atomic mass is 10.0. The van der Waals surface area contributed by atoms with Gasteiger partial charge in [-0.15, -0.1) is 0 Å². The molecule has 0 unspecified atom stereocenters. The number of carbonyl (C=O) groups excluding carboxylic acids is 2. The van der Waals surface area contributed by atoms with Crippen molar-refractivity contribution in [2.45, 2.75) is 33.0 Å². The number of pyridine rings is 1. The average molecular weight is 602 g/mol. The van der Waals surface area contributed by atoms with Gasteiger partial charge >= 0.3 is 12.1 Å². The van der Waals surface area contributed by atoms with Crippen LogP contribution in [0.5, 0.6) is 11.5 Å². The van der Waals surface area contributed by atoms with E-state index in [9.17, 15) is 28.0 Å². The number of nitrogens with one attached hydrogen (secondary N) is 1. The average Bonchev–Trinajstić information content (AvgIpc) is 3.34. The molecule has 2 aromatic heterocycles. The second kappa shape index (κ2) is 12.0. The van der Waals surface area contributed by atoms with Crippen LogP contribution in [-0.2, 0) is 16.1 Å². The number of halogens is 3. The number of rotatable bonds is 7. The van der Waals surface area contributed by atoms with Gasteiger partial charge in [0.15, 0.2) is 0 Å². The molecular formula is C32H26F3N5O4. The Hall–Kier alpha value is -5.57. The second-order valence-electron chi connectivity index (χ2n) is 9.95. The summed E-state index contributed by atoms with van der Waals surface area (Å²) >= 11 is 0. The lowest BCUT2D eigenvalue weighted by molar-refractivity contribution is -0.127. The van der Waals surface area contributed by atoms with Crippen molar-refractivity contribution in [1.82, 2.24) is 14.9 Å². The first-order chi connectivity index (χ1) is 21.0. The Kier molecular flexibility index (Phi) is 8.13. The highest BCUT2D eigenvalue weighted by Gasteiger charge is 2.39. The maximum atomic E-state index is 14.1. The number of anilines is 1. The SMILES string of the molecule is CCOC(=O)c1cc2cc(Oc3ccc(C4=CC(C(F)(F)F)=C(C#N)CC(=O)N4Cc4ccc(N)nc4C)cc3)ccc2[nH]1. The van der Waals surface area contributed by atoms with Crippen molar-refractivity contribution < 1.29 is 32.2 Å². The van der Waals surface area contributed by atoms with E-state index < -0.39 is 35.6 Å². The summed E-state index contributed by atoms with van der Waals surface area (Å²) in [5, 5.41) is 10.2. The first kappa shape index (κ1) is 29.9. The Balaban J connectivity index is 1.48. The molecule has 12 heteroatoms. The van der Waals surface area contributed by atoms with Gasteiger partial charge < -0.3 is 25.1 Å². The Morgan fingerprint density at radius 2 is 1.84 bits per heavy atom. The summed E-state index contributed by atoms with van der Waals surface area (Å²) in [4.78, 5) is 33.8. The summed E-state index contributed by atoms with van der Waals surface area (Å²) in [6.45, 7) is 3.56. The molecule has 9 nitrogen and oxygen atoms in total. The largest absolute Gasteiger partial charge is 0.461 e. The van der Waals surface area contributed by atoms with Crippen molar-refractivity contribution in [2.24, 2.45) is 0 Å². The number of nitriles is 1. The highest BCUT2D eigenvalue weighted by Crippen LogP contribution is 2.38. The van der Waals surface area contributed by atoms with Gasteiger partial charge in [-0.05, 0) is 85.6 Å². The van der Waals surface area contributed by atoms with Crippen LogP contribution < -0.4 is 10.5 Å². The van der Waals surface area contributed by atoms with Gasteiger partial charge in [-0.25, -0.2) is 9.78 Å². The van der Waals surface area contributed by atoms with Gasteiger partial charge in [0.2, 0.25) is 5.91 Å². The number of hydrogen-bond donors (Lipinski definition) is 2. The number of ether oxygens (including phenoxy) is 2. The number of nitrogens with two attached hydrogens (primary N) is 1. The van der Waals surface area contributed by atoms with Crippen LogP contribution >= 0.6 is 0 Å². The molecule has 0 saturated carbocycles. The maximum absolute atomic E-state index is 14.1. The summed E-state index contributed by atoms with van der Waals surface area (Å²) < 4.78 is 53.2. The molecule has 0 atom stereocenters. The smallest absolute Gasteiger partial charge is 0.417 e. The van der Waals surface area contributed by atoms with Gasteiger partial charge in [-0.2, -0.15) is 18.4 Å². The monoisotopic (exact) mass is 601 g/mol. The van der Waals surface area contributed by atoms with Gasteiger partial charge in [0.1, 0.15) is 23.0 Å². The molecule has 0 fully saturated rings. The van der Waals surface area contributed by atoms with Crippen LogP contribution in [0.2, 0.25) is 0 Å². The number of alkyl halides is 3. The standard InChI is InChI=1S/C32H26F3N5O4/c1-3-43-31(42)27-13-21-12-24(9-10-26(21)39-27)44-23-7-4-19(5-8-23)28-15-25(32(33,34)35)22(16-36)14-30(41)40(28)17-20-6-11-29(37)38-18(20)2/h4-13,15,39H,3,14,17H2,1-2H3,(H2,37,38). The molecule has 224 valence electrons. The number of fused-ring (bicyclic) bond motifs is 1. The molecule has 0 saturated heterocycles. The van der Waals surface area contributed by atoms with Crippen LogP contribution in [0, 0.1) is 18.3 Å². The van der Waals surface area contributed by atoms with E-state index in [1.165, 1.54) is 17.0 Å². The highest BCUT2D eigenvalue weighted by molar-refractivity contribution is 5.95. The summed E-state index contributed by atoms with van der Waals surface area (Å²) in [6, 6.07) is 17.8. The first-order valence-electron chi connectivity index (χ1n) is 13.5. The fourth-order valence-corrected chi connectivity index (χ4v) is 4.81. The van der Waals surface area contributed by atoms with Crippen molar-refractivity contribution in [3.63, 3.8) is 0 Å². The van der Waals surface area contributed by atoms with Crippen molar-refractivity contribution in [3.8, 4) is 17.6 Å². The topological polar surface area (TPSA) is 134 Å².